The summed E-state index contributed by atoms with van der Waals surface area (Å²) in [4.78, 5) is 11.9. The molecular weight excluding hydrogens is 442 g/mol. The highest BCUT2D eigenvalue weighted by atomic mass is 16.4. The number of aromatic carboxylic acids is 1. The van der Waals surface area contributed by atoms with Crippen LogP contribution in [0.25, 0.3) is 10.8 Å². The van der Waals surface area contributed by atoms with Crippen LogP contribution in [-0.4, -0.2) is 17.6 Å². The molecule has 4 aromatic carbocycles. The zero-order valence-corrected chi connectivity index (χ0v) is 21.4. The van der Waals surface area contributed by atoms with E-state index in [4.69, 9.17) is 0 Å². The lowest BCUT2D eigenvalue weighted by Crippen LogP contribution is -2.26. The van der Waals surface area contributed by atoms with E-state index >= 15 is 0 Å². The van der Waals surface area contributed by atoms with E-state index in [0.29, 0.717) is 11.5 Å². The fourth-order valence-electron chi connectivity index (χ4n) is 6.15. The van der Waals surface area contributed by atoms with Crippen LogP contribution in [0.1, 0.15) is 75.5 Å². The van der Waals surface area contributed by atoms with E-state index in [0.717, 1.165) is 36.9 Å². The third-order valence-electron chi connectivity index (χ3n) is 8.02. The number of carboxylic acid groups (broad SMARTS) is 1. The molecule has 36 heavy (non-hydrogen) atoms. The molecule has 0 radical (unpaired) electrons. The summed E-state index contributed by atoms with van der Waals surface area (Å²) < 4.78 is 0. The molecule has 0 saturated heterocycles. The monoisotopic (exact) mass is 477 g/mol. The molecule has 0 aliphatic heterocycles. The lowest BCUT2D eigenvalue weighted by molar-refractivity contribution is 0.0696. The number of nitrogens with one attached hydrogen (secondary N) is 1. The van der Waals surface area contributed by atoms with Crippen molar-refractivity contribution in [3.8, 4) is 0 Å². The first-order valence-corrected chi connectivity index (χ1v) is 13.1. The van der Waals surface area contributed by atoms with Gasteiger partial charge in [-0.25, -0.2) is 4.79 Å². The third-order valence-corrected chi connectivity index (χ3v) is 8.02. The van der Waals surface area contributed by atoms with Gasteiger partial charge in [-0.3, -0.25) is 0 Å². The molecular formula is C33H35NO2. The predicted octanol–water partition coefficient (Wildman–Crippen LogP) is 7.59. The molecule has 0 amide bonds. The Morgan fingerprint density at radius 3 is 2.53 bits per heavy atom. The topological polar surface area (TPSA) is 49.3 Å². The largest absolute Gasteiger partial charge is 0.478 e. The molecule has 3 heteroatoms. The van der Waals surface area contributed by atoms with Crippen LogP contribution < -0.4 is 5.32 Å². The van der Waals surface area contributed by atoms with Gasteiger partial charge < -0.3 is 10.4 Å². The zero-order valence-electron chi connectivity index (χ0n) is 21.4. The number of carboxylic acids is 1. The van der Waals surface area contributed by atoms with Gasteiger partial charge in [0.15, 0.2) is 0 Å². The Hall–Kier alpha value is -3.43. The van der Waals surface area contributed by atoms with Crippen molar-refractivity contribution in [2.45, 2.75) is 52.0 Å². The van der Waals surface area contributed by atoms with E-state index in [2.05, 4.69) is 85.9 Å². The lowest BCUT2D eigenvalue weighted by atomic mass is 9.71. The first kappa shape index (κ1) is 24.3. The van der Waals surface area contributed by atoms with Crippen LogP contribution in [0.15, 0.2) is 78.9 Å². The third kappa shape index (κ3) is 4.81. The molecule has 0 bridgehead atoms. The van der Waals surface area contributed by atoms with Crippen LogP contribution in [-0.2, 0) is 6.42 Å². The lowest BCUT2D eigenvalue weighted by Gasteiger charge is -2.33. The first-order valence-electron chi connectivity index (χ1n) is 13.1. The number of hydrogen-bond donors (Lipinski definition) is 2. The van der Waals surface area contributed by atoms with Crippen LogP contribution in [0.4, 0.5) is 0 Å². The van der Waals surface area contributed by atoms with E-state index in [1.54, 1.807) is 0 Å². The Kier molecular flexibility index (Phi) is 6.93. The maximum Gasteiger partial charge on any atom is 0.335 e. The van der Waals surface area contributed by atoms with Gasteiger partial charge in [0.2, 0.25) is 0 Å². The molecule has 1 aliphatic rings. The van der Waals surface area contributed by atoms with Gasteiger partial charge in [-0.1, -0.05) is 72.8 Å². The molecule has 2 unspecified atom stereocenters. The summed E-state index contributed by atoms with van der Waals surface area (Å²) in [6.07, 6.45) is 3.22. The highest BCUT2D eigenvalue weighted by Crippen LogP contribution is 2.42. The molecule has 1 aliphatic carbocycles. The second-order valence-corrected chi connectivity index (χ2v) is 10.4. The minimum absolute atomic E-state index is 0.231. The number of benzene rings is 4. The molecule has 0 aromatic heterocycles. The summed E-state index contributed by atoms with van der Waals surface area (Å²) >= 11 is 0. The normalized spacial score (nSPS) is 18.1. The second-order valence-electron chi connectivity index (χ2n) is 10.4. The number of fused-ring (bicyclic) bond motifs is 2. The second kappa shape index (κ2) is 10.3. The van der Waals surface area contributed by atoms with Crippen LogP contribution in [0.2, 0.25) is 0 Å². The predicted molar refractivity (Wildman–Crippen MR) is 148 cm³/mol. The Morgan fingerprint density at radius 2 is 1.69 bits per heavy atom. The van der Waals surface area contributed by atoms with Gasteiger partial charge in [-0.15, -0.1) is 0 Å². The summed E-state index contributed by atoms with van der Waals surface area (Å²) in [5, 5.41) is 16.1. The van der Waals surface area contributed by atoms with Crippen molar-refractivity contribution in [3.63, 3.8) is 0 Å². The van der Waals surface area contributed by atoms with Gasteiger partial charge in [0, 0.05) is 12.0 Å². The van der Waals surface area contributed by atoms with Gasteiger partial charge in [-0.2, -0.15) is 0 Å². The fourth-order valence-corrected chi connectivity index (χ4v) is 6.15. The minimum atomic E-state index is -0.846. The van der Waals surface area contributed by atoms with Gasteiger partial charge in [-0.05, 0) is 103 Å². The average Bonchev–Trinajstić information content (AvgIpc) is 2.87. The smallest absolute Gasteiger partial charge is 0.335 e. The standard InChI is InChI=1S/C33H35NO2/c1-21-17-22(2)31(33(35)36)20-30(21)32-19-24(18-26-10-5-7-13-29(26)32)15-16-34-23(3)27-14-8-11-25-9-4-6-12-28(25)27/h4-14,17,20,23-24,32,34H,15-16,18-19H2,1-3H3,(H,35,36)/t23-,24?,32?/m1/s1. The number of rotatable bonds is 7. The van der Waals surface area contributed by atoms with Crippen LogP contribution in [0, 0.1) is 19.8 Å². The zero-order chi connectivity index (χ0) is 25.2. The number of carbonyl (C=O) groups is 1. The highest BCUT2D eigenvalue weighted by Gasteiger charge is 2.29. The molecule has 4 aromatic rings. The van der Waals surface area contributed by atoms with E-state index in [9.17, 15) is 9.90 Å². The molecule has 0 spiro atoms. The Bertz CT molecular complexity index is 1400. The van der Waals surface area contributed by atoms with Crippen molar-refractivity contribution in [1.29, 1.82) is 0 Å². The molecule has 3 atom stereocenters. The molecule has 184 valence electrons. The quantitative estimate of drug-likeness (QED) is 0.288. The molecule has 2 N–H and O–H groups in total. The maximum absolute atomic E-state index is 11.9. The maximum atomic E-state index is 11.9. The van der Waals surface area contributed by atoms with E-state index in [1.165, 1.54) is 33.0 Å². The van der Waals surface area contributed by atoms with Crippen molar-refractivity contribution in [2.24, 2.45) is 5.92 Å². The summed E-state index contributed by atoms with van der Waals surface area (Å²) in [5.74, 6) is -0.0683. The summed E-state index contributed by atoms with van der Waals surface area (Å²) in [6, 6.07) is 28.1. The van der Waals surface area contributed by atoms with Crippen molar-refractivity contribution in [1.82, 2.24) is 5.32 Å². The number of aryl methyl sites for hydroxylation is 2. The van der Waals surface area contributed by atoms with E-state index < -0.39 is 5.97 Å². The molecule has 0 fully saturated rings. The molecule has 0 saturated carbocycles. The SMILES string of the molecule is Cc1cc(C)c(C2CC(CCN[C@H](C)c3cccc4ccccc34)Cc3ccccc32)cc1C(=O)O. The molecule has 5 rings (SSSR count). The molecule has 3 nitrogen and oxygen atoms in total. The fraction of sp³-hybridized carbons (Fsp3) is 0.303. The van der Waals surface area contributed by atoms with Crippen molar-refractivity contribution < 1.29 is 9.90 Å². The van der Waals surface area contributed by atoms with Gasteiger partial charge >= 0.3 is 5.97 Å². The van der Waals surface area contributed by atoms with Gasteiger partial charge in [0.1, 0.15) is 0 Å². The van der Waals surface area contributed by atoms with Crippen LogP contribution in [0.3, 0.4) is 0 Å². The first-order chi connectivity index (χ1) is 17.4. The Morgan fingerprint density at radius 1 is 0.944 bits per heavy atom. The van der Waals surface area contributed by atoms with Gasteiger partial charge in [0.05, 0.1) is 5.56 Å². The summed E-state index contributed by atoms with van der Waals surface area (Å²) in [6.45, 7) is 7.22. The van der Waals surface area contributed by atoms with E-state index in [-0.39, 0.29) is 12.0 Å². The highest BCUT2D eigenvalue weighted by molar-refractivity contribution is 5.90. The molecule has 0 heterocycles. The number of hydrogen-bond acceptors (Lipinski definition) is 2. The Balaban J connectivity index is 1.34. The van der Waals surface area contributed by atoms with Crippen molar-refractivity contribution >= 4 is 16.7 Å². The van der Waals surface area contributed by atoms with Gasteiger partial charge in [0.25, 0.3) is 0 Å². The van der Waals surface area contributed by atoms with Crippen LogP contribution >= 0.6 is 0 Å². The summed E-state index contributed by atoms with van der Waals surface area (Å²) in [5.41, 5.74) is 7.69. The minimum Gasteiger partial charge on any atom is -0.478 e. The van der Waals surface area contributed by atoms with Crippen molar-refractivity contribution in [2.75, 3.05) is 6.54 Å². The van der Waals surface area contributed by atoms with Crippen LogP contribution in [0.5, 0.6) is 0 Å². The Labute approximate surface area is 214 Å². The van der Waals surface area contributed by atoms with Crippen molar-refractivity contribution in [3.05, 3.63) is 118 Å². The summed E-state index contributed by atoms with van der Waals surface area (Å²) in [7, 11) is 0. The van der Waals surface area contributed by atoms with E-state index in [1.807, 2.05) is 19.1 Å². The average molecular weight is 478 g/mol.